The van der Waals surface area contributed by atoms with Crippen molar-refractivity contribution in [2.45, 2.75) is 6.92 Å². The van der Waals surface area contributed by atoms with E-state index >= 15 is 0 Å². The van der Waals surface area contributed by atoms with Crippen molar-refractivity contribution in [2.24, 2.45) is 0 Å². The number of aromatic nitrogens is 2. The highest BCUT2D eigenvalue weighted by atomic mass is 16.7. The van der Waals surface area contributed by atoms with E-state index in [-0.39, 0.29) is 12.5 Å². The number of nitrogens with zero attached hydrogens (tertiary/aromatic N) is 2. The van der Waals surface area contributed by atoms with Crippen LogP contribution in [0.4, 0.5) is 4.79 Å². The van der Waals surface area contributed by atoms with E-state index in [0.717, 1.165) is 0 Å². The number of hydrogen-bond donors (Lipinski definition) is 0. The Morgan fingerprint density at radius 1 is 1.67 bits per heavy atom. The van der Waals surface area contributed by atoms with Crippen molar-refractivity contribution in [3.8, 4) is 5.88 Å². The highest BCUT2D eigenvalue weighted by Crippen LogP contribution is 2.02. The van der Waals surface area contributed by atoms with Crippen LogP contribution in [-0.2, 0) is 4.74 Å². The molecule has 0 saturated heterocycles. The zero-order valence-electron chi connectivity index (χ0n) is 6.56. The molecular weight excluding hydrogens is 160 g/mol. The van der Waals surface area contributed by atoms with Gasteiger partial charge in [0.05, 0.1) is 6.61 Å². The van der Waals surface area contributed by atoms with E-state index in [4.69, 9.17) is 0 Å². The molecule has 0 amide bonds. The van der Waals surface area contributed by atoms with Crippen molar-refractivity contribution >= 4 is 6.16 Å². The standard InChI is InChI=1S/C7H8N2O3/c1-2-11-7(10)12-6-4-3-5-8-9-6/h3-5H,2H2,1H3. The van der Waals surface area contributed by atoms with Crippen LogP contribution in [0.2, 0.25) is 0 Å². The summed E-state index contributed by atoms with van der Waals surface area (Å²) in [5, 5.41) is 7.04. The van der Waals surface area contributed by atoms with Crippen LogP contribution in [0.3, 0.4) is 0 Å². The van der Waals surface area contributed by atoms with Crippen molar-refractivity contribution in [3.63, 3.8) is 0 Å². The Morgan fingerprint density at radius 3 is 3.08 bits per heavy atom. The molecule has 0 radical (unpaired) electrons. The molecule has 0 aliphatic carbocycles. The fourth-order valence-electron chi connectivity index (χ4n) is 0.575. The van der Waals surface area contributed by atoms with Gasteiger partial charge in [0.1, 0.15) is 0 Å². The van der Waals surface area contributed by atoms with Crippen LogP contribution in [0.15, 0.2) is 18.3 Å². The predicted octanol–water partition coefficient (Wildman–Crippen LogP) is 1.01. The summed E-state index contributed by atoms with van der Waals surface area (Å²) in [5.41, 5.74) is 0. The zero-order valence-corrected chi connectivity index (χ0v) is 6.56. The first-order valence-corrected chi connectivity index (χ1v) is 3.45. The molecule has 0 atom stereocenters. The molecule has 12 heavy (non-hydrogen) atoms. The quantitative estimate of drug-likeness (QED) is 0.617. The molecule has 64 valence electrons. The first kappa shape index (κ1) is 8.45. The summed E-state index contributed by atoms with van der Waals surface area (Å²) in [6.45, 7) is 1.97. The SMILES string of the molecule is CCOC(=O)Oc1cccnn1. The van der Waals surface area contributed by atoms with Gasteiger partial charge in [-0.05, 0) is 13.0 Å². The third-order valence-corrected chi connectivity index (χ3v) is 0.998. The summed E-state index contributed by atoms with van der Waals surface area (Å²) < 4.78 is 9.14. The summed E-state index contributed by atoms with van der Waals surface area (Å²) in [6, 6.07) is 3.13. The molecule has 1 heterocycles. The molecule has 0 fully saturated rings. The first-order valence-electron chi connectivity index (χ1n) is 3.45. The summed E-state index contributed by atoms with van der Waals surface area (Å²) in [6.07, 6.45) is 0.718. The fourth-order valence-corrected chi connectivity index (χ4v) is 0.575. The highest BCUT2D eigenvalue weighted by molar-refractivity contribution is 5.62. The van der Waals surface area contributed by atoms with Crippen LogP contribution in [0.1, 0.15) is 6.92 Å². The van der Waals surface area contributed by atoms with Gasteiger partial charge in [0, 0.05) is 12.3 Å². The number of hydrogen-bond acceptors (Lipinski definition) is 5. The zero-order chi connectivity index (χ0) is 8.81. The van der Waals surface area contributed by atoms with Crippen LogP contribution < -0.4 is 4.74 Å². The maximum atomic E-state index is 10.7. The summed E-state index contributed by atoms with van der Waals surface area (Å²) in [5.74, 6) is 0.135. The third-order valence-electron chi connectivity index (χ3n) is 0.998. The summed E-state index contributed by atoms with van der Waals surface area (Å²) >= 11 is 0. The van der Waals surface area contributed by atoms with Gasteiger partial charge in [-0.25, -0.2) is 4.79 Å². The average Bonchev–Trinajstić information content (AvgIpc) is 2.06. The van der Waals surface area contributed by atoms with E-state index in [1.54, 1.807) is 13.0 Å². The van der Waals surface area contributed by atoms with Crippen LogP contribution in [0, 0.1) is 0 Å². The maximum Gasteiger partial charge on any atom is 0.515 e. The lowest BCUT2D eigenvalue weighted by molar-refractivity contribution is 0.102. The van der Waals surface area contributed by atoms with E-state index in [1.807, 2.05) is 0 Å². The van der Waals surface area contributed by atoms with Gasteiger partial charge in [0.15, 0.2) is 0 Å². The van der Waals surface area contributed by atoms with Gasteiger partial charge in [0.2, 0.25) is 5.88 Å². The van der Waals surface area contributed by atoms with Gasteiger partial charge in [-0.2, -0.15) is 5.10 Å². The second kappa shape index (κ2) is 4.27. The van der Waals surface area contributed by atoms with Crippen molar-refractivity contribution in [3.05, 3.63) is 18.3 Å². The Morgan fingerprint density at radius 2 is 2.50 bits per heavy atom. The summed E-state index contributed by atoms with van der Waals surface area (Å²) in [4.78, 5) is 10.7. The second-order valence-electron chi connectivity index (χ2n) is 1.85. The largest absolute Gasteiger partial charge is 0.515 e. The van der Waals surface area contributed by atoms with Crippen LogP contribution in [0.25, 0.3) is 0 Å². The van der Waals surface area contributed by atoms with E-state index in [1.165, 1.54) is 12.3 Å². The summed E-state index contributed by atoms with van der Waals surface area (Å²) in [7, 11) is 0. The Kier molecular flexibility index (Phi) is 3.01. The monoisotopic (exact) mass is 168 g/mol. The van der Waals surface area contributed by atoms with Gasteiger partial charge in [0.25, 0.3) is 0 Å². The fraction of sp³-hybridized carbons (Fsp3) is 0.286. The van der Waals surface area contributed by atoms with Crippen molar-refractivity contribution in [1.29, 1.82) is 0 Å². The van der Waals surface area contributed by atoms with Crippen molar-refractivity contribution in [1.82, 2.24) is 10.2 Å². The highest BCUT2D eigenvalue weighted by Gasteiger charge is 2.04. The van der Waals surface area contributed by atoms with Gasteiger partial charge in [-0.3, -0.25) is 0 Å². The normalized spacial score (nSPS) is 9.08. The molecule has 0 saturated carbocycles. The third kappa shape index (κ3) is 2.53. The lowest BCUT2D eigenvalue weighted by Gasteiger charge is -2.00. The minimum Gasteiger partial charge on any atom is -0.434 e. The molecule has 0 unspecified atom stereocenters. The molecule has 1 rings (SSSR count). The van der Waals surface area contributed by atoms with Crippen molar-refractivity contribution < 1.29 is 14.3 Å². The number of carbonyl (C=O) groups excluding carboxylic acids is 1. The maximum absolute atomic E-state index is 10.7. The van der Waals surface area contributed by atoms with E-state index < -0.39 is 6.16 Å². The molecule has 5 nitrogen and oxygen atoms in total. The average molecular weight is 168 g/mol. The Labute approximate surface area is 69.3 Å². The van der Waals surface area contributed by atoms with Crippen LogP contribution >= 0.6 is 0 Å². The molecule has 1 aromatic heterocycles. The molecule has 0 aliphatic heterocycles. The number of ether oxygens (including phenoxy) is 2. The van der Waals surface area contributed by atoms with Crippen LogP contribution in [0.5, 0.6) is 5.88 Å². The molecule has 0 aromatic carbocycles. The molecule has 0 spiro atoms. The van der Waals surface area contributed by atoms with Gasteiger partial charge < -0.3 is 9.47 Å². The van der Waals surface area contributed by atoms with E-state index in [9.17, 15) is 4.79 Å². The molecule has 0 N–H and O–H groups in total. The lowest BCUT2D eigenvalue weighted by atomic mass is 10.6. The minimum atomic E-state index is -0.766. The minimum absolute atomic E-state index is 0.135. The topological polar surface area (TPSA) is 61.3 Å². The molecular formula is C7H8N2O3. The van der Waals surface area contributed by atoms with E-state index in [2.05, 4.69) is 19.7 Å². The van der Waals surface area contributed by atoms with E-state index in [0.29, 0.717) is 0 Å². The molecule has 0 aliphatic rings. The van der Waals surface area contributed by atoms with Crippen molar-refractivity contribution in [2.75, 3.05) is 6.61 Å². The Balaban J connectivity index is 2.47. The lowest BCUT2D eigenvalue weighted by Crippen LogP contribution is -2.10. The second-order valence-corrected chi connectivity index (χ2v) is 1.85. The van der Waals surface area contributed by atoms with Gasteiger partial charge in [-0.1, -0.05) is 0 Å². The Bertz CT molecular complexity index is 250. The van der Waals surface area contributed by atoms with Gasteiger partial charge in [-0.15, -0.1) is 5.10 Å². The molecule has 0 bridgehead atoms. The number of rotatable bonds is 2. The first-order chi connectivity index (χ1) is 5.83. The Hall–Kier alpha value is -1.65. The van der Waals surface area contributed by atoms with Gasteiger partial charge >= 0.3 is 6.16 Å². The predicted molar refractivity (Wildman–Crippen MR) is 39.7 cm³/mol. The molecule has 5 heteroatoms. The smallest absolute Gasteiger partial charge is 0.434 e. The van der Waals surface area contributed by atoms with Crippen LogP contribution in [-0.4, -0.2) is 23.0 Å². The molecule has 1 aromatic rings. The number of carbonyl (C=O) groups is 1.